The van der Waals surface area contributed by atoms with E-state index in [-0.39, 0.29) is 0 Å². The summed E-state index contributed by atoms with van der Waals surface area (Å²) in [7, 11) is 0. The Hall–Kier alpha value is -7.01. The van der Waals surface area contributed by atoms with Crippen molar-refractivity contribution in [3.8, 4) is 56.3 Å². The van der Waals surface area contributed by atoms with Gasteiger partial charge in [0.1, 0.15) is 0 Å². The lowest BCUT2D eigenvalue weighted by molar-refractivity contribution is 1.18. The molecule has 0 unspecified atom stereocenters. The van der Waals surface area contributed by atoms with Gasteiger partial charge in [-0.2, -0.15) is 0 Å². The molecule has 0 spiro atoms. The third-order valence-electron chi connectivity index (χ3n) is 10.7. The first kappa shape index (κ1) is 31.5. The highest BCUT2D eigenvalue weighted by molar-refractivity contribution is 7.26. The third-order valence-corrected chi connectivity index (χ3v) is 11.8. The molecule has 0 saturated carbocycles. The van der Waals surface area contributed by atoms with Gasteiger partial charge in [-0.05, 0) is 69.1 Å². The van der Waals surface area contributed by atoms with E-state index >= 15 is 0 Å². The molecule has 0 atom stereocenters. The first-order valence-corrected chi connectivity index (χ1v) is 19.3. The van der Waals surface area contributed by atoms with E-state index in [1.807, 2.05) is 35.6 Å². The Morgan fingerprint density at radius 3 is 1.80 bits per heavy atom. The Kier molecular flexibility index (Phi) is 7.35. The predicted octanol–water partition coefficient (Wildman–Crippen LogP) is 14.0. The minimum Gasteiger partial charge on any atom is -0.246 e. The van der Waals surface area contributed by atoms with E-state index in [1.165, 1.54) is 47.3 Å². The largest absolute Gasteiger partial charge is 0.246 e. The lowest BCUT2D eigenvalue weighted by atomic mass is 9.93. The Morgan fingerprint density at radius 1 is 0.364 bits per heavy atom. The van der Waals surface area contributed by atoms with E-state index in [0.29, 0.717) is 5.82 Å². The van der Waals surface area contributed by atoms with Crippen LogP contribution in [-0.2, 0) is 0 Å². The molecule has 0 N–H and O–H groups in total. The van der Waals surface area contributed by atoms with Crippen LogP contribution in [0.2, 0.25) is 0 Å². The van der Waals surface area contributed by atoms with Gasteiger partial charge in [-0.25, -0.2) is 15.0 Å². The number of rotatable bonds is 5. The number of fused-ring (bicyclic) bond motifs is 8. The highest BCUT2D eigenvalue weighted by Gasteiger charge is 2.19. The molecule has 0 aliphatic rings. The summed E-state index contributed by atoms with van der Waals surface area (Å²) < 4.78 is 2.47. The molecule has 8 aromatic carbocycles. The summed E-state index contributed by atoms with van der Waals surface area (Å²) in [6, 6.07) is 66.6. The second-order valence-electron chi connectivity index (χ2n) is 14.0. The summed E-state index contributed by atoms with van der Waals surface area (Å²) in [5.41, 5.74) is 10.3. The Morgan fingerprint density at radius 2 is 0.982 bits per heavy atom. The minimum absolute atomic E-state index is 0.709. The average molecular weight is 718 g/mol. The molecule has 0 aliphatic heterocycles. The highest BCUT2D eigenvalue weighted by atomic mass is 32.1. The standard InChI is InChI=1S/C51H31N3S/c1-3-14-32(15-4-1)45-31-46(54-51(53-45)33-16-5-2-6-17-33)37-20-13-19-34(28-37)35-26-27-44-43(29-35)48-41-24-11-12-25-47(41)55-50(48)49(52-44)42-30-36-18-7-8-21-38(36)39-22-9-10-23-40(39)42/h1-31H. The van der Waals surface area contributed by atoms with Crippen molar-refractivity contribution in [2.45, 2.75) is 0 Å². The summed E-state index contributed by atoms with van der Waals surface area (Å²) >= 11 is 1.84. The summed E-state index contributed by atoms with van der Waals surface area (Å²) in [5.74, 6) is 0.709. The van der Waals surface area contributed by atoms with Crippen LogP contribution >= 0.6 is 11.3 Å². The Balaban J connectivity index is 1.10. The molecule has 0 fully saturated rings. The van der Waals surface area contributed by atoms with Crippen molar-refractivity contribution >= 4 is 64.0 Å². The monoisotopic (exact) mass is 717 g/mol. The maximum Gasteiger partial charge on any atom is 0.160 e. The zero-order valence-corrected chi connectivity index (χ0v) is 30.5. The molecule has 0 bridgehead atoms. The molecular weight excluding hydrogens is 687 g/mol. The second kappa shape index (κ2) is 12.8. The SMILES string of the molecule is c1ccc(-c2cc(-c3cccc(-c4ccc5nc(-c6cc7ccccc7c7ccccc67)c6sc7ccccc7c6c5c4)c3)nc(-c3ccccc3)n2)cc1. The van der Waals surface area contributed by atoms with Crippen LogP contribution < -0.4 is 0 Å². The van der Waals surface area contributed by atoms with E-state index in [2.05, 4.69) is 164 Å². The molecule has 11 aromatic rings. The van der Waals surface area contributed by atoms with Crippen molar-refractivity contribution in [1.29, 1.82) is 0 Å². The maximum absolute atomic E-state index is 5.50. The molecule has 0 aliphatic carbocycles. The maximum atomic E-state index is 5.50. The van der Waals surface area contributed by atoms with Gasteiger partial charge >= 0.3 is 0 Å². The van der Waals surface area contributed by atoms with Crippen LogP contribution in [0.5, 0.6) is 0 Å². The van der Waals surface area contributed by atoms with Gasteiger partial charge < -0.3 is 0 Å². The van der Waals surface area contributed by atoms with Crippen molar-refractivity contribution in [3.05, 3.63) is 188 Å². The van der Waals surface area contributed by atoms with Crippen LogP contribution in [-0.4, -0.2) is 15.0 Å². The number of benzene rings is 8. The summed E-state index contributed by atoms with van der Waals surface area (Å²) in [5, 5.41) is 8.62. The lowest BCUT2D eigenvalue weighted by Crippen LogP contribution is -1.96. The van der Waals surface area contributed by atoms with Crippen molar-refractivity contribution < 1.29 is 0 Å². The number of hydrogen-bond donors (Lipinski definition) is 0. The smallest absolute Gasteiger partial charge is 0.160 e. The number of nitrogens with zero attached hydrogens (tertiary/aromatic N) is 3. The van der Waals surface area contributed by atoms with Crippen LogP contribution in [0.1, 0.15) is 0 Å². The topological polar surface area (TPSA) is 38.7 Å². The van der Waals surface area contributed by atoms with Crippen LogP contribution in [0.15, 0.2) is 188 Å². The van der Waals surface area contributed by atoms with Gasteiger partial charge in [-0.3, -0.25) is 0 Å². The number of hydrogen-bond acceptors (Lipinski definition) is 4. The van der Waals surface area contributed by atoms with E-state index in [1.54, 1.807) is 0 Å². The van der Waals surface area contributed by atoms with Gasteiger partial charge in [0, 0.05) is 43.1 Å². The molecule has 55 heavy (non-hydrogen) atoms. The van der Waals surface area contributed by atoms with E-state index in [0.717, 1.165) is 55.8 Å². The van der Waals surface area contributed by atoms with Gasteiger partial charge in [0.05, 0.1) is 27.3 Å². The fraction of sp³-hybridized carbons (Fsp3) is 0. The number of aromatic nitrogens is 3. The zero-order valence-electron chi connectivity index (χ0n) is 29.6. The number of thiophene rings is 1. The molecule has 3 nitrogen and oxygen atoms in total. The van der Waals surface area contributed by atoms with Crippen molar-refractivity contribution in [2.24, 2.45) is 0 Å². The molecule has 4 heteroatoms. The van der Waals surface area contributed by atoms with Crippen LogP contribution in [0.3, 0.4) is 0 Å². The summed E-state index contributed by atoms with van der Waals surface area (Å²) in [6.07, 6.45) is 0. The van der Waals surface area contributed by atoms with Gasteiger partial charge in [0.15, 0.2) is 5.82 Å². The quantitative estimate of drug-likeness (QED) is 0.166. The normalized spacial score (nSPS) is 11.6. The van der Waals surface area contributed by atoms with E-state index in [9.17, 15) is 0 Å². The van der Waals surface area contributed by atoms with Gasteiger partial charge in [-0.1, -0.05) is 152 Å². The fourth-order valence-corrected chi connectivity index (χ4v) is 9.24. The molecule has 3 heterocycles. The highest BCUT2D eigenvalue weighted by Crippen LogP contribution is 2.46. The van der Waals surface area contributed by atoms with Crippen molar-refractivity contribution in [3.63, 3.8) is 0 Å². The molecule has 3 aromatic heterocycles. The van der Waals surface area contributed by atoms with Gasteiger partial charge in [0.2, 0.25) is 0 Å². The number of pyridine rings is 1. The van der Waals surface area contributed by atoms with Crippen LogP contribution in [0.25, 0.3) is 109 Å². The van der Waals surface area contributed by atoms with E-state index < -0.39 is 0 Å². The zero-order chi connectivity index (χ0) is 36.3. The molecular formula is C51H31N3S. The van der Waals surface area contributed by atoms with E-state index in [4.69, 9.17) is 15.0 Å². The van der Waals surface area contributed by atoms with Crippen molar-refractivity contribution in [2.75, 3.05) is 0 Å². The second-order valence-corrected chi connectivity index (χ2v) is 15.0. The molecule has 0 radical (unpaired) electrons. The van der Waals surface area contributed by atoms with Crippen LogP contribution in [0, 0.1) is 0 Å². The van der Waals surface area contributed by atoms with Crippen molar-refractivity contribution in [1.82, 2.24) is 15.0 Å². The molecule has 11 rings (SSSR count). The molecule has 0 saturated heterocycles. The third kappa shape index (κ3) is 5.38. The first-order chi connectivity index (χ1) is 27.2. The van der Waals surface area contributed by atoms with Gasteiger partial charge in [-0.15, -0.1) is 11.3 Å². The molecule has 0 amide bonds. The lowest BCUT2D eigenvalue weighted by Gasteiger charge is -2.14. The average Bonchev–Trinajstić information content (AvgIpc) is 3.66. The molecule has 256 valence electrons. The first-order valence-electron chi connectivity index (χ1n) is 18.5. The predicted molar refractivity (Wildman–Crippen MR) is 232 cm³/mol. The van der Waals surface area contributed by atoms with Crippen LogP contribution in [0.4, 0.5) is 0 Å². The Labute approximate surface area is 321 Å². The minimum atomic E-state index is 0.709. The van der Waals surface area contributed by atoms with Gasteiger partial charge in [0.25, 0.3) is 0 Å². The summed E-state index contributed by atoms with van der Waals surface area (Å²) in [4.78, 5) is 15.6. The summed E-state index contributed by atoms with van der Waals surface area (Å²) in [6.45, 7) is 0. The Bertz CT molecular complexity index is 3200. The fourth-order valence-electron chi connectivity index (χ4n) is 8.02.